The average Bonchev–Trinajstić information content (AvgIpc) is 2.75. The number of nitrogens with one attached hydrogen (secondary N) is 1. The molecule has 2 atom stereocenters. The van der Waals surface area contributed by atoms with Gasteiger partial charge in [-0.3, -0.25) is 4.79 Å². The first kappa shape index (κ1) is 13.8. The molecular weight excluding hydrogens is 224 g/mol. The Labute approximate surface area is 101 Å². The maximum atomic E-state index is 11.7. The highest BCUT2D eigenvalue weighted by molar-refractivity contribution is 5.77. The second-order valence-corrected chi connectivity index (χ2v) is 4.52. The molecule has 0 aromatic heterocycles. The van der Waals surface area contributed by atoms with E-state index in [1.165, 1.54) is 0 Å². The predicted octanol–water partition coefficient (Wildman–Crippen LogP) is 0.385. The minimum Gasteiger partial charge on any atom is -0.481 e. The number of carbonyl (C=O) groups is 2. The predicted molar refractivity (Wildman–Crippen MR) is 61.8 cm³/mol. The van der Waals surface area contributed by atoms with Crippen LogP contribution in [0.2, 0.25) is 0 Å². The van der Waals surface area contributed by atoms with Crippen LogP contribution in [0, 0.1) is 11.8 Å². The van der Waals surface area contributed by atoms with Crippen molar-refractivity contribution in [1.29, 1.82) is 0 Å². The van der Waals surface area contributed by atoms with E-state index < -0.39 is 11.9 Å². The Morgan fingerprint density at radius 1 is 1.59 bits per heavy atom. The Balaban J connectivity index is 2.27. The number of methoxy groups -OCH3 is 1. The number of carboxylic acids is 1. The number of ether oxygens (including phenoxy) is 1. The molecule has 0 radical (unpaired) electrons. The molecule has 0 bridgehead atoms. The number of aliphatic carboxylic acids is 1. The lowest BCUT2D eigenvalue weighted by atomic mass is 10.1. The van der Waals surface area contributed by atoms with E-state index in [1.807, 2.05) is 6.92 Å². The van der Waals surface area contributed by atoms with Crippen LogP contribution < -0.4 is 5.32 Å². The van der Waals surface area contributed by atoms with Gasteiger partial charge in [-0.15, -0.1) is 0 Å². The molecular formula is C11H20N2O4. The summed E-state index contributed by atoms with van der Waals surface area (Å²) < 4.78 is 4.97. The van der Waals surface area contributed by atoms with Crippen LogP contribution in [-0.2, 0) is 9.53 Å². The molecule has 2 unspecified atom stereocenters. The van der Waals surface area contributed by atoms with Gasteiger partial charge in [0.2, 0.25) is 0 Å². The highest BCUT2D eigenvalue weighted by Gasteiger charge is 2.30. The number of hydrogen-bond donors (Lipinski definition) is 2. The first-order valence-electron chi connectivity index (χ1n) is 5.79. The maximum Gasteiger partial charge on any atom is 0.317 e. The van der Waals surface area contributed by atoms with Crippen molar-refractivity contribution >= 4 is 12.0 Å². The van der Waals surface area contributed by atoms with Gasteiger partial charge in [-0.2, -0.15) is 0 Å². The number of nitrogens with zero attached hydrogens (tertiary/aromatic N) is 1. The van der Waals surface area contributed by atoms with Crippen LogP contribution in [0.15, 0.2) is 0 Å². The molecule has 1 saturated heterocycles. The van der Waals surface area contributed by atoms with Crippen molar-refractivity contribution in [2.24, 2.45) is 11.8 Å². The Kier molecular flexibility index (Phi) is 5.21. The van der Waals surface area contributed by atoms with Crippen LogP contribution in [0.25, 0.3) is 0 Å². The van der Waals surface area contributed by atoms with Crippen molar-refractivity contribution in [2.45, 2.75) is 13.3 Å². The summed E-state index contributed by atoms with van der Waals surface area (Å²) in [5, 5.41) is 11.6. The second-order valence-electron chi connectivity index (χ2n) is 4.52. The van der Waals surface area contributed by atoms with Crippen molar-refractivity contribution in [3.05, 3.63) is 0 Å². The first-order chi connectivity index (χ1) is 8.04. The summed E-state index contributed by atoms with van der Waals surface area (Å²) in [7, 11) is 1.62. The quantitative estimate of drug-likeness (QED) is 0.733. The molecule has 1 aliphatic rings. The molecule has 98 valence electrons. The van der Waals surface area contributed by atoms with Gasteiger partial charge >= 0.3 is 12.0 Å². The first-order valence-corrected chi connectivity index (χ1v) is 5.79. The summed E-state index contributed by atoms with van der Waals surface area (Å²) in [5.74, 6) is -0.993. The Morgan fingerprint density at radius 2 is 2.29 bits per heavy atom. The smallest absolute Gasteiger partial charge is 0.317 e. The van der Waals surface area contributed by atoms with Crippen molar-refractivity contribution in [1.82, 2.24) is 10.2 Å². The molecule has 0 aromatic carbocycles. The largest absolute Gasteiger partial charge is 0.481 e. The number of hydrogen-bond acceptors (Lipinski definition) is 3. The molecule has 2 amide bonds. The Morgan fingerprint density at radius 3 is 2.82 bits per heavy atom. The number of urea groups is 1. The average molecular weight is 244 g/mol. The monoisotopic (exact) mass is 244 g/mol. The van der Waals surface area contributed by atoms with Gasteiger partial charge < -0.3 is 20.1 Å². The molecule has 0 aliphatic carbocycles. The third-order valence-electron chi connectivity index (χ3n) is 2.88. The van der Waals surface area contributed by atoms with Crippen molar-refractivity contribution < 1.29 is 19.4 Å². The Hall–Kier alpha value is -1.30. The van der Waals surface area contributed by atoms with Crippen molar-refractivity contribution in [2.75, 3.05) is 33.4 Å². The van der Waals surface area contributed by atoms with E-state index in [-0.39, 0.29) is 11.9 Å². The molecule has 0 saturated carbocycles. The molecule has 0 aromatic rings. The molecule has 0 spiro atoms. The van der Waals surface area contributed by atoms with E-state index in [9.17, 15) is 9.59 Å². The summed E-state index contributed by atoms with van der Waals surface area (Å²) in [6, 6.07) is -0.184. The van der Waals surface area contributed by atoms with E-state index >= 15 is 0 Å². The van der Waals surface area contributed by atoms with Crippen LogP contribution in [0.5, 0.6) is 0 Å². The lowest BCUT2D eigenvalue weighted by molar-refractivity contribution is -0.141. The summed E-state index contributed by atoms with van der Waals surface area (Å²) in [4.78, 5) is 24.0. The van der Waals surface area contributed by atoms with E-state index in [4.69, 9.17) is 9.84 Å². The normalized spacial score (nSPS) is 21.3. The van der Waals surface area contributed by atoms with Crippen LogP contribution in [-0.4, -0.2) is 55.4 Å². The molecule has 6 nitrogen and oxygen atoms in total. The third-order valence-corrected chi connectivity index (χ3v) is 2.88. The van der Waals surface area contributed by atoms with Gasteiger partial charge in [-0.1, -0.05) is 6.92 Å². The van der Waals surface area contributed by atoms with Crippen LogP contribution in [0.1, 0.15) is 13.3 Å². The van der Waals surface area contributed by atoms with Gasteiger partial charge in [0.05, 0.1) is 12.5 Å². The Bertz CT molecular complexity index is 283. The van der Waals surface area contributed by atoms with Crippen molar-refractivity contribution in [3.63, 3.8) is 0 Å². The minimum atomic E-state index is -0.826. The van der Waals surface area contributed by atoms with E-state index in [0.29, 0.717) is 32.7 Å². The number of carboxylic acid groups (broad SMARTS) is 1. The van der Waals surface area contributed by atoms with Crippen LogP contribution >= 0.6 is 0 Å². The molecule has 17 heavy (non-hydrogen) atoms. The standard InChI is InChI=1S/C11H20N2O4/c1-8(7-17-2)5-12-11(16)13-4-3-9(6-13)10(14)15/h8-9H,3-7H2,1-2H3,(H,12,16)(H,14,15). The number of rotatable bonds is 5. The third kappa shape index (κ3) is 4.22. The lowest BCUT2D eigenvalue weighted by Gasteiger charge is -2.18. The molecule has 2 N–H and O–H groups in total. The van der Waals surface area contributed by atoms with Crippen LogP contribution in [0.3, 0.4) is 0 Å². The van der Waals surface area contributed by atoms with E-state index in [0.717, 1.165) is 0 Å². The number of carbonyl (C=O) groups excluding carboxylic acids is 1. The molecule has 1 heterocycles. The fraction of sp³-hybridized carbons (Fsp3) is 0.818. The zero-order valence-electron chi connectivity index (χ0n) is 10.3. The molecule has 1 aliphatic heterocycles. The zero-order valence-corrected chi connectivity index (χ0v) is 10.3. The van der Waals surface area contributed by atoms with Gasteiger partial charge in [0.1, 0.15) is 0 Å². The molecule has 1 rings (SSSR count). The zero-order chi connectivity index (χ0) is 12.8. The lowest BCUT2D eigenvalue weighted by Crippen LogP contribution is -2.41. The molecule has 6 heteroatoms. The number of likely N-dealkylation sites (tertiary alicyclic amines) is 1. The minimum absolute atomic E-state index is 0.184. The van der Waals surface area contributed by atoms with E-state index in [2.05, 4.69) is 5.32 Å². The van der Waals surface area contributed by atoms with E-state index in [1.54, 1.807) is 12.0 Å². The fourth-order valence-electron chi connectivity index (χ4n) is 1.86. The highest BCUT2D eigenvalue weighted by Crippen LogP contribution is 2.16. The van der Waals surface area contributed by atoms with Crippen LogP contribution in [0.4, 0.5) is 4.79 Å². The van der Waals surface area contributed by atoms with Gasteiger partial charge in [0.15, 0.2) is 0 Å². The molecule has 1 fully saturated rings. The SMILES string of the molecule is COCC(C)CNC(=O)N1CCC(C(=O)O)C1. The summed E-state index contributed by atoms with van der Waals surface area (Å²) in [6.07, 6.45) is 0.538. The van der Waals surface area contributed by atoms with Gasteiger partial charge in [0.25, 0.3) is 0 Å². The topological polar surface area (TPSA) is 78.9 Å². The van der Waals surface area contributed by atoms with Gasteiger partial charge in [0, 0.05) is 26.7 Å². The van der Waals surface area contributed by atoms with Gasteiger partial charge in [-0.05, 0) is 12.3 Å². The van der Waals surface area contributed by atoms with Crippen molar-refractivity contribution in [3.8, 4) is 0 Å². The highest BCUT2D eigenvalue weighted by atomic mass is 16.5. The summed E-state index contributed by atoms with van der Waals surface area (Å²) in [6.45, 7) is 3.94. The number of amides is 2. The summed E-state index contributed by atoms with van der Waals surface area (Å²) >= 11 is 0. The maximum absolute atomic E-state index is 11.7. The van der Waals surface area contributed by atoms with Gasteiger partial charge in [-0.25, -0.2) is 4.79 Å². The fourth-order valence-corrected chi connectivity index (χ4v) is 1.86. The second kappa shape index (κ2) is 6.44. The summed E-state index contributed by atoms with van der Waals surface area (Å²) in [5.41, 5.74) is 0.